The maximum absolute atomic E-state index is 11.2. The van der Waals surface area contributed by atoms with Crippen molar-refractivity contribution in [1.82, 2.24) is 9.97 Å². The molecule has 87 valence electrons. The van der Waals surface area contributed by atoms with Crippen molar-refractivity contribution >= 4 is 11.8 Å². The molecular formula is C10H16N5O. The van der Waals surface area contributed by atoms with Crippen LogP contribution in [0.3, 0.4) is 0 Å². The highest BCUT2D eigenvalue weighted by molar-refractivity contribution is 5.38. The monoisotopic (exact) mass is 222 g/mol. The number of aromatic amines is 1. The van der Waals surface area contributed by atoms with Gasteiger partial charge in [-0.3, -0.25) is 9.78 Å². The van der Waals surface area contributed by atoms with Crippen LogP contribution in [0.1, 0.15) is 13.3 Å². The number of hydrogen-bond donors (Lipinski definition) is 3. The number of aromatic nitrogens is 2. The predicted octanol–water partition coefficient (Wildman–Crippen LogP) is -0.673. The molecule has 0 saturated carbocycles. The lowest BCUT2D eigenvalue weighted by Crippen LogP contribution is -2.32. The standard InChI is InChI=1S/C10H16N5O/c1-10(5-11)2-3-15(6-10)9-13-7(12)4-8(16)14-9/h2-3,5-6,11H2,1H3,(H3,12,13,14,16). The van der Waals surface area contributed by atoms with Gasteiger partial charge in [-0.2, -0.15) is 4.98 Å². The summed E-state index contributed by atoms with van der Waals surface area (Å²) in [5, 5.41) is 0. The molecule has 1 aliphatic rings. The van der Waals surface area contributed by atoms with Crippen LogP contribution >= 0.6 is 0 Å². The molecule has 0 bridgehead atoms. The molecular weight excluding hydrogens is 206 g/mol. The average Bonchev–Trinajstić information content (AvgIpc) is 2.61. The normalized spacial score (nSPS) is 25.0. The molecule has 1 aromatic heterocycles. The van der Waals surface area contributed by atoms with E-state index < -0.39 is 0 Å². The minimum atomic E-state index is -0.344. The number of rotatable bonds is 2. The van der Waals surface area contributed by atoms with Crippen LogP contribution in [0.2, 0.25) is 0 Å². The maximum Gasteiger partial charge on any atom is 0.262 e. The van der Waals surface area contributed by atoms with Crippen LogP contribution in [-0.4, -0.2) is 29.6 Å². The van der Waals surface area contributed by atoms with Gasteiger partial charge in [0.25, 0.3) is 5.56 Å². The molecule has 0 aliphatic carbocycles. The zero-order valence-electron chi connectivity index (χ0n) is 9.29. The molecule has 1 aromatic rings. The lowest BCUT2D eigenvalue weighted by Gasteiger charge is -2.22. The Balaban J connectivity index is 2.24. The van der Waals surface area contributed by atoms with E-state index in [1.54, 1.807) is 0 Å². The molecule has 2 heterocycles. The third-order valence-corrected chi connectivity index (χ3v) is 3.04. The van der Waals surface area contributed by atoms with Crippen molar-refractivity contribution in [2.24, 2.45) is 11.1 Å². The topological polar surface area (TPSA) is 101 Å². The number of nitrogens with two attached hydrogens (primary N) is 2. The minimum Gasteiger partial charge on any atom is -0.383 e. The van der Waals surface area contributed by atoms with Gasteiger partial charge in [0.1, 0.15) is 5.82 Å². The lowest BCUT2D eigenvalue weighted by atomic mass is 9.90. The van der Waals surface area contributed by atoms with E-state index in [1.807, 2.05) is 4.90 Å². The van der Waals surface area contributed by atoms with E-state index in [-0.39, 0.29) is 16.8 Å². The lowest BCUT2D eigenvalue weighted by molar-refractivity contribution is 0.383. The van der Waals surface area contributed by atoms with Crippen molar-refractivity contribution in [3.8, 4) is 0 Å². The highest BCUT2D eigenvalue weighted by atomic mass is 16.1. The van der Waals surface area contributed by atoms with Crippen molar-refractivity contribution in [1.29, 1.82) is 0 Å². The first kappa shape index (κ1) is 10.9. The molecule has 6 heteroatoms. The molecule has 1 radical (unpaired) electrons. The van der Waals surface area contributed by atoms with Gasteiger partial charge in [-0.05, 0) is 18.4 Å². The van der Waals surface area contributed by atoms with E-state index >= 15 is 0 Å². The molecule has 1 unspecified atom stereocenters. The number of nitrogens with zero attached hydrogens (tertiary/aromatic N) is 2. The van der Waals surface area contributed by atoms with Gasteiger partial charge in [-0.15, -0.1) is 0 Å². The predicted molar refractivity (Wildman–Crippen MR) is 62.1 cm³/mol. The molecule has 0 amide bonds. The van der Waals surface area contributed by atoms with Gasteiger partial charge in [-0.25, -0.2) is 0 Å². The van der Waals surface area contributed by atoms with Gasteiger partial charge in [0, 0.05) is 13.1 Å². The van der Waals surface area contributed by atoms with E-state index in [0.29, 0.717) is 12.5 Å². The first-order valence-electron chi connectivity index (χ1n) is 5.26. The van der Waals surface area contributed by atoms with Crippen molar-refractivity contribution in [3.05, 3.63) is 16.4 Å². The first-order valence-corrected chi connectivity index (χ1v) is 5.26. The highest BCUT2D eigenvalue weighted by Gasteiger charge is 2.33. The van der Waals surface area contributed by atoms with Crippen molar-refractivity contribution in [2.75, 3.05) is 30.3 Å². The van der Waals surface area contributed by atoms with Gasteiger partial charge in [0.2, 0.25) is 5.95 Å². The Labute approximate surface area is 93.7 Å². The zero-order valence-corrected chi connectivity index (χ0v) is 9.29. The van der Waals surface area contributed by atoms with Crippen LogP contribution in [0.25, 0.3) is 0 Å². The number of anilines is 2. The zero-order chi connectivity index (χ0) is 11.8. The molecule has 5 N–H and O–H groups in total. The van der Waals surface area contributed by atoms with Gasteiger partial charge in [0.05, 0.1) is 6.07 Å². The number of nitrogens with one attached hydrogen (secondary N) is 1. The largest absolute Gasteiger partial charge is 0.383 e. The van der Waals surface area contributed by atoms with Gasteiger partial charge >= 0.3 is 0 Å². The van der Waals surface area contributed by atoms with Gasteiger partial charge < -0.3 is 16.4 Å². The summed E-state index contributed by atoms with van der Waals surface area (Å²) in [6.45, 7) is 4.38. The molecule has 1 aliphatic heterocycles. The molecule has 6 nitrogen and oxygen atoms in total. The fraction of sp³-hybridized carbons (Fsp3) is 0.600. The van der Waals surface area contributed by atoms with Gasteiger partial charge in [0.15, 0.2) is 0 Å². The van der Waals surface area contributed by atoms with E-state index in [0.717, 1.165) is 19.5 Å². The van der Waals surface area contributed by atoms with Crippen molar-refractivity contribution in [3.63, 3.8) is 0 Å². The van der Waals surface area contributed by atoms with Crippen LogP contribution < -0.4 is 21.9 Å². The Morgan fingerprint density at radius 3 is 3.00 bits per heavy atom. The summed E-state index contributed by atoms with van der Waals surface area (Å²) >= 11 is 0. The summed E-state index contributed by atoms with van der Waals surface area (Å²) in [6, 6.07) is 2.37. The second kappa shape index (κ2) is 3.79. The second-order valence-electron chi connectivity index (χ2n) is 4.59. The third-order valence-electron chi connectivity index (χ3n) is 3.04. The average molecular weight is 222 g/mol. The smallest absolute Gasteiger partial charge is 0.262 e. The fourth-order valence-corrected chi connectivity index (χ4v) is 1.94. The Hall–Kier alpha value is -1.56. The summed E-state index contributed by atoms with van der Waals surface area (Å²) in [6.07, 6.45) is 0.992. The van der Waals surface area contributed by atoms with Crippen LogP contribution in [0.4, 0.5) is 11.8 Å². The minimum absolute atomic E-state index is 0.0902. The number of H-pyrrole nitrogens is 1. The van der Waals surface area contributed by atoms with Crippen LogP contribution in [0, 0.1) is 11.5 Å². The SMILES string of the molecule is CC1(CN)CCN(c2nc(N)[c]c(=O)[nH]2)C1. The molecule has 2 rings (SSSR count). The third kappa shape index (κ3) is 2.01. The fourth-order valence-electron chi connectivity index (χ4n) is 1.94. The Bertz CT molecular complexity index is 443. The second-order valence-corrected chi connectivity index (χ2v) is 4.59. The number of nitrogen functional groups attached to an aromatic ring is 1. The van der Waals surface area contributed by atoms with Crippen molar-refractivity contribution in [2.45, 2.75) is 13.3 Å². The molecule has 1 saturated heterocycles. The highest BCUT2D eigenvalue weighted by Crippen LogP contribution is 2.30. The molecule has 16 heavy (non-hydrogen) atoms. The van der Waals surface area contributed by atoms with E-state index in [4.69, 9.17) is 11.5 Å². The molecule has 1 atom stereocenters. The van der Waals surface area contributed by atoms with Crippen molar-refractivity contribution < 1.29 is 0 Å². The summed E-state index contributed by atoms with van der Waals surface area (Å²) in [4.78, 5) is 19.9. The first-order chi connectivity index (χ1) is 7.52. The Morgan fingerprint density at radius 1 is 1.69 bits per heavy atom. The van der Waals surface area contributed by atoms with Crippen LogP contribution in [-0.2, 0) is 0 Å². The van der Waals surface area contributed by atoms with Crippen LogP contribution in [0.5, 0.6) is 0 Å². The Morgan fingerprint density at radius 2 is 2.44 bits per heavy atom. The molecule has 0 spiro atoms. The van der Waals surface area contributed by atoms with E-state index in [9.17, 15) is 4.79 Å². The summed E-state index contributed by atoms with van der Waals surface area (Å²) in [5.74, 6) is 0.638. The summed E-state index contributed by atoms with van der Waals surface area (Å²) < 4.78 is 0. The maximum atomic E-state index is 11.2. The molecule has 1 fully saturated rings. The Kier molecular flexibility index (Phi) is 2.59. The summed E-state index contributed by atoms with van der Waals surface area (Å²) in [5.41, 5.74) is 11.0. The number of hydrogen-bond acceptors (Lipinski definition) is 5. The van der Waals surface area contributed by atoms with E-state index in [2.05, 4.69) is 23.0 Å². The van der Waals surface area contributed by atoms with Gasteiger partial charge in [-0.1, -0.05) is 6.92 Å². The van der Waals surface area contributed by atoms with E-state index in [1.165, 1.54) is 0 Å². The molecule has 0 aromatic carbocycles. The summed E-state index contributed by atoms with van der Waals surface area (Å²) in [7, 11) is 0. The van der Waals surface area contributed by atoms with Crippen LogP contribution in [0.15, 0.2) is 4.79 Å². The quantitative estimate of drug-likeness (QED) is 0.616.